The average molecular weight is 282 g/mol. The number of halogens is 1. The van der Waals surface area contributed by atoms with Gasteiger partial charge >= 0.3 is 0 Å². The second-order valence-corrected chi connectivity index (χ2v) is 6.46. The van der Waals surface area contributed by atoms with Gasteiger partial charge in [0, 0.05) is 31.9 Å². The van der Waals surface area contributed by atoms with E-state index in [0.717, 1.165) is 30.0 Å². The van der Waals surface area contributed by atoms with Crippen molar-refractivity contribution in [2.45, 2.75) is 39.8 Å². The van der Waals surface area contributed by atoms with Crippen molar-refractivity contribution in [3.8, 4) is 0 Å². The van der Waals surface area contributed by atoms with Gasteiger partial charge in [0.15, 0.2) is 0 Å². The van der Waals surface area contributed by atoms with Crippen LogP contribution in [-0.2, 0) is 6.54 Å². The highest BCUT2D eigenvalue weighted by Gasteiger charge is 2.12. The summed E-state index contributed by atoms with van der Waals surface area (Å²) < 4.78 is 0. The van der Waals surface area contributed by atoms with E-state index in [-0.39, 0.29) is 5.54 Å². The predicted octanol–water partition coefficient (Wildman–Crippen LogP) is 3.64. The van der Waals surface area contributed by atoms with Crippen molar-refractivity contribution in [2.24, 2.45) is 0 Å². The molecule has 0 saturated heterocycles. The van der Waals surface area contributed by atoms with Crippen LogP contribution >= 0.6 is 11.6 Å². The van der Waals surface area contributed by atoms with Crippen LogP contribution in [0.2, 0.25) is 5.02 Å². The third-order valence-electron chi connectivity index (χ3n) is 2.63. The van der Waals surface area contributed by atoms with Crippen LogP contribution in [0.4, 0.5) is 5.82 Å². The fraction of sp³-hybridized carbons (Fsp3) is 0.533. The Labute approximate surface area is 121 Å². The number of aromatic nitrogens is 1. The van der Waals surface area contributed by atoms with Crippen molar-refractivity contribution in [1.29, 1.82) is 0 Å². The zero-order chi connectivity index (χ0) is 14.6. The Balaban J connectivity index is 2.85. The van der Waals surface area contributed by atoms with Crippen LogP contribution in [-0.4, -0.2) is 24.1 Å². The minimum Gasteiger partial charge on any atom is -0.356 e. The second kappa shape index (κ2) is 6.40. The minimum atomic E-state index is 0.0658. The molecule has 0 fully saturated rings. The van der Waals surface area contributed by atoms with E-state index in [2.05, 4.69) is 42.6 Å². The Morgan fingerprint density at radius 2 is 2.11 bits per heavy atom. The topological polar surface area (TPSA) is 28.2 Å². The maximum Gasteiger partial charge on any atom is 0.128 e. The lowest BCUT2D eigenvalue weighted by molar-refractivity contribution is 0.424. The van der Waals surface area contributed by atoms with E-state index in [1.54, 1.807) is 6.20 Å². The van der Waals surface area contributed by atoms with Gasteiger partial charge in [-0.25, -0.2) is 4.98 Å². The zero-order valence-electron chi connectivity index (χ0n) is 12.5. The van der Waals surface area contributed by atoms with E-state index in [1.165, 1.54) is 0 Å². The molecule has 0 aliphatic heterocycles. The van der Waals surface area contributed by atoms with Crippen LogP contribution in [0.1, 0.15) is 33.3 Å². The molecule has 0 aromatic carbocycles. The molecule has 0 unspecified atom stereocenters. The highest BCUT2D eigenvalue weighted by atomic mass is 35.5. The third-order valence-corrected chi connectivity index (χ3v) is 2.97. The molecule has 0 aliphatic rings. The SMILES string of the molecule is C=C(C)CN(C)c1cc(CNC(C)(C)C)c(Cl)cn1. The number of rotatable bonds is 5. The van der Waals surface area contributed by atoms with Crippen LogP contribution in [0.5, 0.6) is 0 Å². The summed E-state index contributed by atoms with van der Waals surface area (Å²) in [6, 6.07) is 2.03. The first-order valence-electron chi connectivity index (χ1n) is 6.44. The monoisotopic (exact) mass is 281 g/mol. The molecule has 0 spiro atoms. The van der Waals surface area contributed by atoms with E-state index in [1.807, 2.05) is 20.0 Å². The van der Waals surface area contributed by atoms with Gasteiger partial charge in [-0.15, -0.1) is 0 Å². The van der Waals surface area contributed by atoms with Crippen LogP contribution in [0.3, 0.4) is 0 Å². The Morgan fingerprint density at radius 3 is 2.63 bits per heavy atom. The number of pyridine rings is 1. The van der Waals surface area contributed by atoms with Gasteiger partial charge in [-0.2, -0.15) is 0 Å². The zero-order valence-corrected chi connectivity index (χ0v) is 13.3. The van der Waals surface area contributed by atoms with E-state index in [4.69, 9.17) is 11.6 Å². The van der Waals surface area contributed by atoms with Crippen LogP contribution in [0, 0.1) is 0 Å². The van der Waals surface area contributed by atoms with Gasteiger partial charge in [0.2, 0.25) is 0 Å². The maximum atomic E-state index is 6.20. The first kappa shape index (κ1) is 16.0. The van der Waals surface area contributed by atoms with Crippen molar-refractivity contribution >= 4 is 17.4 Å². The minimum absolute atomic E-state index is 0.0658. The maximum absolute atomic E-state index is 6.20. The normalized spacial score (nSPS) is 11.5. The molecule has 106 valence electrons. The molecular formula is C15H24ClN3. The Hall–Kier alpha value is -1.06. The molecule has 1 rings (SSSR count). The lowest BCUT2D eigenvalue weighted by Gasteiger charge is -2.22. The van der Waals surface area contributed by atoms with Gasteiger partial charge in [-0.1, -0.05) is 23.8 Å². The fourth-order valence-electron chi connectivity index (χ4n) is 1.66. The summed E-state index contributed by atoms with van der Waals surface area (Å²) in [5, 5.41) is 4.14. The largest absolute Gasteiger partial charge is 0.356 e. The smallest absolute Gasteiger partial charge is 0.128 e. The molecule has 3 nitrogen and oxygen atoms in total. The number of nitrogens with zero attached hydrogens (tertiary/aromatic N) is 2. The van der Waals surface area contributed by atoms with Gasteiger partial charge < -0.3 is 10.2 Å². The summed E-state index contributed by atoms with van der Waals surface area (Å²) in [6.07, 6.45) is 1.71. The van der Waals surface area contributed by atoms with Crippen LogP contribution in [0.25, 0.3) is 0 Å². The molecule has 19 heavy (non-hydrogen) atoms. The molecule has 0 bridgehead atoms. The van der Waals surface area contributed by atoms with Crippen molar-refractivity contribution in [3.05, 3.63) is 35.0 Å². The number of likely N-dealkylation sites (N-methyl/N-ethyl adjacent to an activating group) is 1. The summed E-state index contributed by atoms with van der Waals surface area (Å²) in [5.74, 6) is 0.915. The summed E-state index contributed by atoms with van der Waals surface area (Å²) in [4.78, 5) is 6.43. The van der Waals surface area contributed by atoms with Gasteiger partial charge in [0.05, 0.1) is 5.02 Å². The number of hydrogen-bond acceptors (Lipinski definition) is 3. The van der Waals surface area contributed by atoms with Gasteiger partial charge in [-0.3, -0.25) is 0 Å². The van der Waals surface area contributed by atoms with Gasteiger partial charge in [0.1, 0.15) is 5.82 Å². The van der Waals surface area contributed by atoms with Crippen molar-refractivity contribution in [2.75, 3.05) is 18.5 Å². The molecular weight excluding hydrogens is 258 g/mol. The lowest BCUT2D eigenvalue weighted by atomic mass is 10.1. The quantitative estimate of drug-likeness (QED) is 0.836. The van der Waals surface area contributed by atoms with Crippen LogP contribution in [0.15, 0.2) is 24.4 Å². The Bertz CT molecular complexity index is 449. The molecule has 0 atom stereocenters. The van der Waals surface area contributed by atoms with Gasteiger partial charge in [0.25, 0.3) is 0 Å². The number of nitrogens with one attached hydrogen (secondary N) is 1. The molecule has 1 heterocycles. The molecule has 1 aromatic rings. The molecule has 0 saturated carbocycles. The van der Waals surface area contributed by atoms with Crippen LogP contribution < -0.4 is 10.2 Å². The third kappa shape index (κ3) is 5.62. The predicted molar refractivity (Wildman–Crippen MR) is 83.9 cm³/mol. The van der Waals surface area contributed by atoms with E-state index < -0.39 is 0 Å². The summed E-state index contributed by atoms with van der Waals surface area (Å²) in [6.45, 7) is 13.9. The molecule has 0 radical (unpaired) electrons. The second-order valence-electron chi connectivity index (χ2n) is 6.05. The Morgan fingerprint density at radius 1 is 1.47 bits per heavy atom. The summed E-state index contributed by atoms with van der Waals surface area (Å²) >= 11 is 6.20. The molecule has 1 aromatic heterocycles. The lowest BCUT2D eigenvalue weighted by Crippen LogP contribution is -2.35. The standard InChI is InChI=1S/C15H24ClN3/c1-11(2)10-19(6)14-7-12(13(16)9-17-14)8-18-15(3,4)5/h7,9,18H,1,8,10H2,2-6H3. The molecule has 0 amide bonds. The van der Waals surface area contributed by atoms with E-state index in [0.29, 0.717) is 5.02 Å². The first-order valence-corrected chi connectivity index (χ1v) is 6.82. The molecule has 1 N–H and O–H groups in total. The average Bonchev–Trinajstić information content (AvgIpc) is 2.25. The van der Waals surface area contributed by atoms with Gasteiger partial charge in [-0.05, 0) is 39.3 Å². The fourth-order valence-corrected chi connectivity index (χ4v) is 1.83. The first-order chi connectivity index (χ1) is 8.69. The van der Waals surface area contributed by atoms with Crippen molar-refractivity contribution < 1.29 is 0 Å². The number of anilines is 1. The van der Waals surface area contributed by atoms with Crippen molar-refractivity contribution in [1.82, 2.24) is 10.3 Å². The summed E-state index contributed by atoms with van der Waals surface area (Å²) in [7, 11) is 2.01. The van der Waals surface area contributed by atoms with Crippen molar-refractivity contribution in [3.63, 3.8) is 0 Å². The highest BCUT2D eigenvalue weighted by molar-refractivity contribution is 6.31. The molecule has 0 aliphatic carbocycles. The Kier molecular flexibility index (Phi) is 5.39. The molecule has 4 heteroatoms. The summed E-state index contributed by atoms with van der Waals surface area (Å²) in [5.41, 5.74) is 2.24. The highest BCUT2D eigenvalue weighted by Crippen LogP contribution is 2.21. The number of hydrogen-bond donors (Lipinski definition) is 1. The van der Waals surface area contributed by atoms with E-state index in [9.17, 15) is 0 Å². The van der Waals surface area contributed by atoms with E-state index >= 15 is 0 Å².